The summed E-state index contributed by atoms with van der Waals surface area (Å²) in [5.74, 6) is 0. The van der Waals surface area contributed by atoms with Gasteiger partial charge in [-0.2, -0.15) is 0 Å². The minimum Gasteiger partial charge on any atom is -0.394 e. The van der Waals surface area contributed by atoms with Gasteiger partial charge in [-0.1, -0.05) is 0 Å². The minimum absolute atomic E-state index is 0.0278. The van der Waals surface area contributed by atoms with Crippen LogP contribution in [0.4, 0.5) is 0 Å². The van der Waals surface area contributed by atoms with Crippen molar-refractivity contribution < 1.29 is 44.8 Å². The zero-order valence-corrected chi connectivity index (χ0v) is 11.4. The summed E-state index contributed by atoms with van der Waals surface area (Å²) >= 11 is 0. The van der Waals surface area contributed by atoms with Gasteiger partial charge in [-0.15, -0.1) is 0 Å². The normalized spacial score (nSPS) is 48.3. The number of ether oxygens (including phenoxy) is 3. The Balaban J connectivity index is 1.92. The van der Waals surface area contributed by atoms with Crippen LogP contribution in [0, 0.1) is 0 Å². The molecule has 2 heterocycles. The van der Waals surface area contributed by atoms with Crippen LogP contribution in [0.3, 0.4) is 0 Å². The minimum atomic E-state index is -1.21. The van der Waals surface area contributed by atoms with E-state index in [1.165, 1.54) is 0 Å². The summed E-state index contributed by atoms with van der Waals surface area (Å²) in [4.78, 5) is 0. The summed E-state index contributed by atoms with van der Waals surface area (Å²) in [6.45, 7) is -0.964. The van der Waals surface area contributed by atoms with E-state index in [1.54, 1.807) is 0 Å². The lowest BCUT2D eigenvalue weighted by Crippen LogP contribution is -2.54. The lowest BCUT2D eigenvalue weighted by atomic mass is 10.0. The Morgan fingerprint density at radius 2 is 1.14 bits per heavy atom. The highest BCUT2D eigenvalue weighted by atomic mass is 16.8. The maximum Gasteiger partial charge on any atom is 0.163 e. The van der Waals surface area contributed by atoms with Crippen LogP contribution in [0.1, 0.15) is 12.8 Å². The molecule has 2 rings (SSSR count). The highest BCUT2D eigenvalue weighted by Crippen LogP contribution is 2.27. The van der Waals surface area contributed by atoms with E-state index in [2.05, 4.69) is 0 Å². The van der Waals surface area contributed by atoms with Crippen LogP contribution < -0.4 is 0 Å². The second-order valence-electron chi connectivity index (χ2n) is 5.30. The van der Waals surface area contributed by atoms with Gasteiger partial charge in [0.05, 0.1) is 25.4 Å². The van der Waals surface area contributed by atoms with Crippen molar-refractivity contribution in [3.05, 3.63) is 0 Å². The topological polar surface area (TPSA) is 149 Å². The molecule has 0 aromatic carbocycles. The first-order valence-corrected chi connectivity index (χ1v) is 6.86. The molecule has 2 aliphatic heterocycles. The fourth-order valence-electron chi connectivity index (χ4n) is 2.48. The summed E-state index contributed by atoms with van der Waals surface area (Å²) in [6.07, 6.45) is -8.54. The van der Waals surface area contributed by atoms with Gasteiger partial charge in [0.25, 0.3) is 0 Å². The Bertz CT molecular complexity index is 298. The molecule has 2 saturated heterocycles. The molecule has 0 bridgehead atoms. The Labute approximate surface area is 121 Å². The second kappa shape index (κ2) is 7.27. The average molecular weight is 310 g/mol. The van der Waals surface area contributed by atoms with E-state index >= 15 is 0 Å². The number of hydrogen-bond acceptors (Lipinski definition) is 9. The molecule has 8 atom stereocenters. The highest BCUT2D eigenvalue weighted by Gasteiger charge is 2.41. The van der Waals surface area contributed by atoms with Crippen LogP contribution in [-0.2, 0) is 14.2 Å². The Kier molecular flexibility index (Phi) is 5.88. The summed E-state index contributed by atoms with van der Waals surface area (Å²) in [5, 5.41) is 56.7. The van der Waals surface area contributed by atoms with Crippen molar-refractivity contribution in [3.8, 4) is 0 Å². The van der Waals surface area contributed by atoms with Crippen molar-refractivity contribution in [1.29, 1.82) is 0 Å². The van der Waals surface area contributed by atoms with Gasteiger partial charge in [-0.05, 0) is 0 Å². The SMILES string of the molecule is OC[C@H]1O[C@H](O[C@@H]2C[C@@H](O)[C@H](O)[C@@H](CO)O2)C[C@@H](O)[C@@H]1O. The first-order valence-electron chi connectivity index (χ1n) is 6.86. The molecule has 0 saturated carbocycles. The predicted molar refractivity (Wildman–Crippen MR) is 65.8 cm³/mol. The van der Waals surface area contributed by atoms with Gasteiger partial charge in [0, 0.05) is 12.8 Å². The van der Waals surface area contributed by atoms with E-state index in [0.29, 0.717) is 0 Å². The molecule has 6 N–H and O–H groups in total. The van der Waals surface area contributed by atoms with Crippen molar-refractivity contribution in [3.63, 3.8) is 0 Å². The van der Waals surface area contributed by atoms with E-state index in [9.17, 15) is 20.4 Å². The molecule has 9 heteroatoms. The van der Waals surface area contributed by atoms with Gasteiger partial charge < -0.3 is 44.8 Å². The van der Waals surface area contributed by atoms with Crippen molar-refractivity contribution >= 4 is 0 Å². The first-order chi connectivity index (χ1) is 9.96. The molecule has 0 radical (unpaired) electrons. The van der Waals surface area contributed by atoms with Crippen LogP contribution >= 0.6 is 0 Å². The molecule has 21 heavy (non-hydrogen) atoms. The Hall–Kier alpha value is -0.360. The highest BCUT2D eigenvalue weighted by molar-refractivity contribution is 4.85. The molecule has 2 fully saturated rings. The molecule has 2 aliphatic rings. The Morgan fingerprint density at radius 3 is 1.48 bits per heavy atom. The summed E-state index contributed by atoms with van der Waals surface area (Å²) in [6, 6.07) is 0. The lowest BCUT2D eigenvalue weighted by Gasteiger charge is -2.40. The van der Waals surface area contributed by atoms with Crippen LogP contribution in [0.5, 0.6) is 0 Å². The third-order valence-electron chi connectivity index (χ3n) is 3.73. The number of aliphatic hydroxyl groups is 6. The van der Waals surface area contributed by atoms with Gasteiger partial charge in [-0.3, -0.25) is 0 Å². The molecule has 0 amide bonds. The smallest absolute Gasteiger partial charge is 0.163 e. The predicted octanol–water partition coefficient (Wildman–Crippen LogP) is -3.34. The molecule has 124 valence electrons. The summed E-state index contributed by atoms with van der Waals surface area (Å²) < 4.78 is 16.0. The largest absolute Gasteiger partial charge is 0.394 e. The standard InChI is InChI=1S/C12H22O9/c13-3-7-11(17)5(15)1-9(19-7)21-10-2-6(16)12(18)8(4-14)20-10/h5-18H,1-4H2/t5-,6-,7-,8-,9-,10-,11+,12+/m1/s1. The van der Waals surface area contributed by atoms with Gasteiger partial charge in [0.15, 0.2) is 12.6 Å². The van der Waals surface area contributed by atoms with Gasteiger partial charge in [0.2, 0.25) is 0 Å². The fourth-order valence-corrected chi connectivity index (χ4v) is 2.48. The zero-order chi connectivity index (χ0) is 15.6. The maximum atomic E-state index is 9.68. The monoisotopic (exact) mass is 310 g/mol. The molecule has 0 aromatic heterocycles. The van der Waals surface area contributed by atoms with Crippen LogP contribution in [0.2, 0.25) is 0 Å². The maximum absolute atomic E-state index is 9.68. The van der Waals surface area contributed by atoms with Crippen LogP contribution in [-0.4, -0.2) is 93.1 Å². The van der Waals surface area contributed by atoms with Crippen molar-refractivity contribution in [2.24, 2.45) is 0 Å². The van der Waals surface area contributed by atoms with Crippen LogP contribution in [0.15, 0.2) is 0 Å². The molecule has 0 spiro atoms. The van der Waals surface area contributed by atoms with Gasteiger partial charge in [0.1, 0.15) is 24.4 Å². The van der Waals surface area contributed by atoms with Crippen LogP contribution in [0.25, 0.3) is 0 Å². The molecule has 0 aromatic rings. The third kappa shape index (κ3) is 3.89. The van der Waals surface area contributed by atoms with Crippen molar-refractivity contribution in [2.75, 3.05) is 13.2 Å². The quantitative estimate of drug-likeness (QED) is 0.313. The molecular formula is C12H22O9. The van der Waals surface area contributed by atoms with E-state index in [4.69, 9.17) is 24.4 Å². The Morgan fingerprint density at radius 1 is 0.762 bits per heavy atom. The van der Waals surface area contributed by atoms with Crippen molar-refractivity contribution in [2.45, 2.75) is 62.0 Å². The molecule has 9 nitrogen and oxygen atoms in total. The van der Waals surface area contributed by atoms with E-state index in [1.807, 2.05) is 0 Å². The molecule has 0 unspecified atom stereocenters. The number of rotatable bonds is 4. The second-order valence-corrected chi connectivity index (χ2v) is 5.30. The fraction of sp³-hybridized carbons (Fsp3) is 1.00. The lowest BCUT2D eigenvalue weighted by molar-refractivity contribution is -0.333. The van der Waals surface area contributed by atoms with Gasteiger partial charge in [-0.25, -0.2) is 0 Å². The third-order valence-corrected chi connectivity index (χ3v) is 3.73. The molecular weight excluding hydrogens is 288 g/mol. The summed E-state index contributed by atoms with van der Waals surface area (Å²) in [7, 11) is 0. The molecule has 0 aliphatic carbocycles. The first kappa shape index (κ1) is 17.0. The van der Waals surface area contributed by atoms with E-state index in [0.717, 1.165) is 0 Å². The van der Waals surface area contributed by atoms with E-state index < -0.39 is 62.4 Å². The number of aliphatic hydroxyl groups excluding tert-OH is 6. The van der Waals surface area contributed by atoms with Gasteiger partial charge >= 0.3 is 0 Å². The van der Waals surface area contributed by atoms with Crippen molar-refractivity contribution in [1.82, 2.24) is 0 Å². The number of hydrogen-bond donors (Lipinski definition) is 6. The zero-order valence-electron chi connectivity index (χ0n) is 11.4. The summed E-state index contributed by atoms with van der Waals surface area (Å²) in [5.41, 5.74) is 0. The van der Waals surface area contributed by atoms with E-state index in [-0.39, 0.29) is 12.8 Å². The average Bonchev–Trinajstić information content (AvgIpc) is 2.46.